The van der Waals surface area contributed by atoms with Crippen molar-refractivity contribution in [2.45, 2.75) is 98.3 Å². The molecule has 0 unspecified atom stereocenters. The molecule has 0 aromatic rings. The van der Waals surface area contributed by atoms with Crippen molar-refractivity contribution in [2.75, 3.05) is 24.6 Å². The average Bonchev–Trinajstić information content (AvgIpc) is 2.46. The van der Waals surface area contributed by atoms with Crippen LogP contribution in [0.3, 0.4) is 0 Å². The van der Waals surface area contributed by atoms with E-state index < -0.39 is 7.26 Å². The van der Waals surface area contributed by atoms with Crippen molar-refractivity contribution in [3.63, 3.8) is 0 Å². The van der Waals surface area contributed by atoms with E-state index in [1.165, 1.54) is 70.6 Å². The summed E-state index contributed by atoms with van der Waals surface area (Å²) in [6, 6.07) is 0. The van der Waals surface area contributed by atoms with Gasteiger partial charge < -0.3 is 0 Å². The van der Waals surface area contributed by atoms with Crippen LogP contribution in [0, 0.1) is 0 Å². The monoisotopic (exact) mass is 302 g/mol. The van der Waals surface area contributed by atoms with E-state index >= 15 is 0 Å². The van der Waals surface area contributed by atoms with Crippen molar-refractivity contribution in [1.82, 2.24) is 0 Å². The average molecular weight is 303 g/mol. The fraction of sp³-hybridized carbons (Fsp3) is 1.00. The van der Waals surface area contributed by atoms with Gasteiger partial charge in [-0.3, -0.25) is 0 Å². The molecule has 0 spiro atoms. The molecule has 20 heavy (non-hydrogen) atoms. The Hall–Kier alpha value is 0.430. The fourth-order valence-electron chi connectivity index (χ4n) is 3.64. The van der Waals surface area contributed by atoms with E-state index in [9.17, 15) is 0 Å². The van der Waals surface area contributed by atoms with Crippen LogP contribution in [0.25, 0.3) is 0 Å². The molecule has 0 aliphatic heterocycles. The zero-order valence-electron chi connectivity index (χ0n) is 15.1. The Labute approximate surface area is 130 Å². The Morgan fingerprint density at radius 1 is 0.450 bits per heavy atom. The fourth-order valence-corrected chi connectivity index (χ4v) is 8.51. The predicted octanol–water partition coefficient (Wildman–Crippen LogP) is 7.11. The van der Waals surface area contributed by atoms with E-state index in [0.29, 0.717) is 0 Å². The summed E-state index contributed by atoms with van der Waals surface area (Å²) < 4.78 is 0. The molecule has 0 N–H and O–H groups in total. The van der Waals surface area contributed by atoms with Crippen LogP contribution in [0.1, 0.15) is 98.3 Å². The summed E-state index contributed by atoms with van der Waals surface area (Å²) in [6.07, 6.45) is 22.5. The van der Waals surface area contributed by atoms with Crippen LogP contribution in [0.15, 0.2) is 0 Å². The Morgan fingerprint density at radius 3 is 1.25 bits per heavy atom. The summed E-state index contributed by atoms with van der Waals surface area (Å²) in [4.78, 5) is 0. The van der Waals surface area contributed by atoms with E-state index in [-0.39, 0.29) is 0 Å². The number of hydrogen-bond acceptors (Lipinski definition) is 0. The van der Waals surface area contributed by atoms with Crippen molar-refractivity contribution in [1.29, 1.82) is 0 Å². The van der Waals surface area contributed by atoms with Gasteiger partial charge in [0, 0.05) is 0 Å². The predicted molar refractivity (Wildman–Crippen MR) is 101 cm³/mol. The number of unbranched alkanes of at least 4 members (excludes halogenated alkanes) is 8. The molecule has 0 fully saturated rings. The zero-order chi connectivity index (χ0) is 15.1. The maximum atomic E-state index is 2.50. The molecule has 124 valence electrons. The van der Waals surface area contributed by atoms with Crippen molar-refractivity contribution in [3.05, 3.63) is 0 Å². The van der Waals surface area contributed by atoms with Crippen molar-refractivity contribution in [2.24, 2.45) is 0 Å². The number of rotatable bonds is 15. The first-order chi connectivity index (χ1) is 9.74. The van der Waals surface area contributed by atoms with E-state index in [0.717, 1.165) is 0 Å². The van der Waals surface area contributed by atoms with Gasteiger partial charge in [0.25, 0.3) is 0 Å². The zero-order valence-corrected chi connectivity index (χ0v) is 16.1. The molecule has 0 aliphatic carbocycles. The summed E-state index contributed by atoms with van der Waals surface area (Å²) >= 11 is 0. The van der Waals surface area contributed by atoms with Gasteiger partial charge in [-0.1, -0.05) is 0 Å². The van der Waals surface area contributed by atoms with Crippen molar-refractivity contribution in [3.8, 4) is 0 Å². The van der Waals surface area contributed by atoms with Crippen LogP contribution in [-0.2, 0) is 0 Å². The summed E-state index contributed by atoms with van der Waals surface area (Å²) in [5, 5.41) is 0. The molecule has 0 rings (SSSR count). The van der Waals surface area contributed by atoms with Gasteiger partial charge in [-0.25, -0.2) is 0 Å². The normalized spacial score (nSPS) is 12.8. The third kappa shape index (κ3) is 10.2. The molecule has 0 amide bonds. The van der Waals surface area contributed by atoms with Gasteiger partial charge in [0.2, 0.25) is 0 Å². The molecule has 0 atom stereocenters. The molecule has 0 aliphatic rings. The third-order valence-electron chi connectivity index (χ3n) is 5.15. The van der Waals surface area contributed by atoms with Crippen LogP contribution >= 0.6 is 7.26 Å². The molecular formula is C19H43P. The molecule has 0 aromatic carbocycles. The molecule has 0 radical (unpaired) electrons. The third-order valence-corrected chi connectivity index (χ3v) is 11.0. The second kappa shape index (κ2) is 14.4. The van der Waals surface area contributed by atoms with Gasteiger partial charge in [-0.15, -0.1) is 0 Å². The first kappa shape index (κ1) is 20.4. The van der Waals surface area contributed by atoms with E-state index in [2.05, 4.69) is 27.7 Å². The summed E-state index contributed by atoms with van der Waals surface area (Å²) in [5.41, 5.74) is 0. The van der Waals surface area contributed by atoms with Gasteiger partial charge in [-0.05, 0) is 0 Å². The Bertz CT molecular complexity index is 174. The second-order valence-electron chi connectivity index (χ2n) is 6.93. The molecule has 1 heteroatoms. The molecule has 0 bridgehead atoms. The quantitative estimate of drug-likeness (QED) is 0.223. The molecule has 0 heterocycles. The second-order valence-corrected chi connectivity index (χ2v) is 12.1. The van der Waals surface area contributed by atoms with E-state index in [1.54, 1.807) is 24.6 Å². The Morgan fingerprint density at radius 2 is 0.900 bits per heavy atom. The van der Waals surface area contributed by atoms with Crippen LogP contribution in [0.5, 0.6) is 0 Å². The number of hydrogen-bond donors (Lipinski definition) is 0. The van der Waals surface area contributed by atoms with Gasteiger partial charge in [0.05, 0.1) is 0 Å². The first-order valence-electron chi connectivity index (χ1n) is 9.74. The van der Waals surface area contributed by atoms with Crippen LogP contribution in [0.2, 0.25) is 0 Å². The van der Waals surface area contributed by atoms with E-state index in [4.69, 9.17) is 0 Å². The SMILES string of the molecule is CCCCCCC[PH](CC)(CCC)CCCCCCC. The van der Waals surface area contributed by atoms with E-state index in [1.807, 2.05) is 0 Å². The van der Waals surface area contributed by atoms with Gasteiger partial charge in [-0.2, -0.15) is 0 Å². The standard InChI is InChI=1S/C19H43P/c1-5-9-11-13-15-18-20(8-4,17-7-3)19-16-14-12-10-6-2/h20H,5-19H2,1-4H3. The molecule has 0 saturated heterocycles. The van der Waals surface area contributed by atoms with Crippen LogP contribution in [0.4, 0.5) is 0 Å². The van der Waals surface area contributed by atoms with Crippen molar-refractivity contribution >= 4 is 7.26 Å². The summed E-state index contributed by atoms with van der Waals surface area (Å²) in [7, 11) is -0.890. The Balaban J connectivity index is 4.00. The topological polar surface area (TPSA) is 0 Å². The van der Waals surface area contributed by atoms with Gasteiger partial charge >= 0.3 is 130 Å². The molecule has 0 nitrogen and oxygen atoms in total. The van der Waals surface area contributed by atoms with Gasteiger partial charge in [0.1, 0.15) is 0 Å². The first-order valence-corrected chi connectivity index (χ1v) is 12.6. The van der Waals surface area contributed by atoms with Gasteiger partial charge in [0.15, 0.2) is 0 Å². The Kier molecular flexibility index (Phi) is 14.7. The maximum absolute atomic E-state index is 2.50. The molecule has 0 saturated carbocycles. The molecule has 0 aromatic heterocycles. The minimum atomic E-state index is -0.890. The van der Waals surface area contributed by atoms with Crippen molar-refractivity contribution < 1.29 is 0 Å². The summed E-state index contributed by atoms with van der Waals surface area (Å²) in [5.74, 6) is 0. The summed E-state index contributed by atoms with van der Waals surface area (Å²) in [6.45, 7) is 9.54. The molecular weight excluding hydrogens is 259 g/mol. The minimum absolute atomic E-state index is 0.890. The van der Waals surface area contributed by atoms with Crippen LogP contribution in [-0.4, -0.2) is 24.6 Å². The van der Waals surface area contributed by atoms with Crippen LogP contribution < -0.4 is 0 Å².